The van der Waals surface area contributed by atoms with Gasteiger partial charge < -0.3 is 15.1 Å². The number of nitrogens with zero attached hydrogens (tertiary/aromatic N) is 5. The number of hydrogen-bond acceptors (Lipinski definition) is 6. The lowest BCUT2D eigenvalue weighted by atomic mass is 10.1. The summed E-state index contributed by atoms with van der Waals surface area (Å²) >= 11 is 6.12. The molecule has 1 fully saturated rings. The average molecular weight is 395 g/mol. The number of rotatable bonds is 5. The van der Waals surface area contributed by atoms with Gasteiger partial charge >= 0.3 is 0 Å². The summed E-state index contributed by atoms with van der Waals surface area (Å²) in [5, 5.41) is 12.5. The van der Waals surface area contributed by atoms with E-state index in [0.717, 1.165) is 42.7 Å². The minimum atomic E-state index is 0.667. The third-order valence-corrected chi connectivity index (χ3v) is 5.24. The van der Waals surface area contributed by atoms with Gasteiger partial charge in [0.15, 0.2) is 5.82 Å². The van der Waals surface area contributed by atoms with Gasteiger partial charge in [-0.1, -0.05) is 41.9 Å². The van der Waals surface area contributed by atoms with Crippen molar-refractivity contribution in [1.29, 1.82) is 0 Å². The van der Waals surface area contributed by atoms with Crippen LogP contribution in [0.4, 0.5) is 17.5 Å². The summed E-state index contributed by atoms with van der Waals surface area (Å²) in [5.41, 5.74) is 3.66. The van der Waals surface area contributed by atoms with Crippen LogP contribution in [0.15, 0.2) is 54.7 Å². The maximum atomic E-state index is 6.12. The van der Waals surface area contributed by atoms with Gasteiger partial charge in [-0.25, -0.2) is 0 Å². The monoisotopic (exact) mass is 394 g/mol. The normalized spacial score (nSPS) is 14.2. The summed E-state index contributed by atoms with van der Waals surface area (Å²) in [4.78, 5) is 9.16. The highest BCUT2D eigenvalue weighted by Crippen LogP contribution is 2.22. The van der Waals surface area contributed by atoms with E-state index in [2.05, 4.69) is 55.4 Å². The molecule has 0 amide bonds. The topological polar surface area (TPSA) is 57.2 Å². The number of aryl methyl sites for hydroxylation is 1. The molecule has 6 nitrogen and oxygen atoms in total. The molecule has 1 aromatic heterocycles. The van der Waals surface area contributed by atoms with Crippen LogP contribution in [0.5, 0.6) is 0 Å². The smallest absolute Gasteiger partial charge is 0.247 e. The molecular formula is C21H23ClN6. The summed E-state index contributed by atoms with van der Waals surface area (Å²) in [6.07, 6.45) is 1.67. The molecule has 1 saturated heterocycles. The first-order valence-corrected chi connectivity index (χ1v) is 9.80. The third-order valence-electron chi connectivity index (χ3n) is 5.00. The highest BCUT2D eigenvalue weighted by molar-refractivity contribution is 6.30. The highest BCUT2D eigenvalue weighted by Gasteiger charge is 2.20. The van der Waals surface area contributed by atoms with Crippen LogP contribution in [0.1, 0.15) is 11.1 Å². The Bertz CT molecular complexity index is 939. The minimum Gasteiger partial charge on any atom is -0.368 e. The van der Waals surface area contributed by atoms with Crippen molar-refractivity contribution >= 4 is 29.1 Å². The summed E-state index contributed by atoms with van der Waals surface area (Å²) in [7, 11) is 0. The first-order chi connectivity index (χ1) is 13.7. The first kappa shape index (κ1) is 18.5. The lowest BCUT2D eigenvalue weighted by Gasteiger charge is -2.36. The van der Waals surface area contributed by atoms with Gasteiger partial charge in [0.25, 0.3) is 0 Å². The molecule has 7 heteroatoms. The molecule has 0 spiro atoms. The van der Waals surface area contributed by atoms with E-state index in [1.54, 1.807) is 6.20 Å². The summed E-state index contributed by atoms with van der Waals surface area (Å²) in [5.74, 6) is 1.41. The van der Waals surface area contributed by atoms with Crippen molar-refractivity contribution < 1.29 is 0 Å². The molecule has 2 heterocycles. The van der Waals surface area contributed by atoms with Crippen LogP contribution < -0.4 is 15.1 Å². The molecule has 1 aliphatic heterocycles. The molecule has 0 radical (unpaired) electrons. The molecule has 4 rings (SSSR count). The van der Waals surface area contributed by atoms with E-state index in [4.69, 9.17) is 11.6 Å². The van der Waals surface area contributed by atoms with Crippen LogP contribution in [-0.2, 0) is 6.54 Å². The second-order valence-electron chi connectivity index (χ2n) is 6.88. The van der Waals surface area contributed by atoms with Crippen LogP contribution in [0.25, 0.3) is 0 Å². The zero-order valence-corrected chi connectivity index (χ0v) is 16.6. The Morgan fingerprint density at radius 3 is 2.57 bits per heavy atom. The van der Waals surface area contributed by atoms with Crippen molar-refractivity contribution in [2.45, 2.75) is 13.5 Å². The Labute approximate surface area is 170 Å². The molecule has 0 atom stereocenters. The van der Waals surface area contributed by atoms with Crippen LogP contribution in [0.2, 0.25) is 5.02 Å². The number of nitrogens with one attached hydrogen (secondary N) is 1. The fourth-order valence-electron chi connectivity index (χ4n) is 3.34. The zero-order chi connectivity index (χ0) is 19.3. The molecule has 0 bridgehead atoms. The molecule has 0 saturated carbocycles. The van der Waals surface area contributed by atoms with Gasteiger partial charge in [0.2, 0.25) is 5.95 Å². The fourth-order valence-corrected chi connectivity index (χ4v) is 3.53. The predicted octanol–water partition coefficient (Wildman–Crippen LogP) is 3.77. The van der Waals surface area contributed by atoms with Crippen molar-refractivity contribution in [1.82, 2.24) is 15.2 Å². The van der Waals surface area contributed by atoms with E-state index in [-0.39, 0.29) is 0 Å². The van der Waals surface area contributed by atoms with Crippen molar-refractivity contribution in [3.63, 3.8) is 0 Å². The predicted molar refractivity (Wildman–Crippen MR) is 114 cm³/mol. The molecule has 0 aliphatic carbocycles. The van der Waals surface area contributed by atoms with Crippen LogP contribution in [-0.4, -0.2) is 41.4 Å². The maximum absolute atomic E-state index is 6.12. The van der Waals surface area contributed by atoms with Crippen molar-refractivity contribution in [3.05, 3.63) is 70.9 Å². The molecule has 2 aromatic carbocycles. The number of halogens is 1. The standard InChI is InChI=1S/C21H23ClN6/c1-16-5-2-3-6-17(16)14-23-20-15-24-26-21(25-20)28-11-9-27(10-12-28)19-8-4-7-18(22)13-19/h2-8,13,15H,9-12,14H2,1H3,(H,23,25,26). The van der Waals surface area contributed by atoms with Crippen molar-refractivity contribution in [2.24, 2.45) is 0 Å². The third kappa shape index (κ3) is 4.34. The summed E-state index contributed by atoms with van der Waals surface area (Å²) in [6, 6.07) is 16.3. The Kier molecular flexibility index (Phi) is 5.58. The van der Waals surface area contributed by atoms with Crippen molar-refractivity contribution in [3.8, 4) is 0 Å². The number of benzene rings is 2. The molecule has 28 heavy (non-hydrogen) atoms. The Hall–Kier alpha value is -2.86. The number of hydrogen-bond donors (Lipinski definition) is 1. The summed E-state index contributed by atoms with van der Waals surface area (Å²) < 4.78 is 0. The first-order valence-electron chi connectivity index (χ1n) is 9.42. The minimum absolute atomic E-state index is 0.667. The number of aromatic nitrogens is 3. The second kappa shape index (κ2) is 8.44. The zero-order valence-electron chi connectivity index (χ0n) is 15.8. The largest absolute Gasteiger partial charge is 0.368 e. The number of anilines is 3. The van der Waals surface area contributed by atoms with Crippen LogP contribution >= 0.6 is 11.6 Å². The molecule has 1 N–H and O–H groups in total. The van der Waals surface area contributed by atoms with Gasteiger partial charge in [-0.2, -0.15) is 10.1 Å². The Morgan fingerprint density at radius 2 is 1.79 bits per heavy atom. The van der Waals surface area contributed by atoms with E-state index in [9.17, 15) is 0 Å². The lowest BCUT2D eigenvalue weighted by Crippen LogP contribution is -2.47. The fraction of sp³-hybridized carbons (Fsp3) is 0.286. The average Bonchev–Trinajstić information content (AvgIpc) is 2.73. The highest BCUT2D eigenvalue weighted by atomic mass is 35.5. The van der Waals surface area contributed by atoms with Gasteiger partial charge in [0, 0.05) is 43.4 Å². The van der Waals surface area contributed by atoms with E-state index in [0.29, 0.717) is 12.5 Å². The maximum Gasteiger partial charge on any atom is 0.247 e. The Balaban J connectivity index is 1.38. The quantitative estimate of drug-likeness (QED) is 0.710. The number of piperazine rings is 1. The molecular weight excluding hydrogens is 372 g/mol. The van der Waals surface area contributed by atoms with Gasteiger partial charge in [-0.3, -0.25) is 0 Å². The van der Waals surface area contributed by atoms with E-state index >= 15 is 0 Å². The lowest BCUT2D eigenvalue weighted by molar-refractivity contribution is 0.635. The van der Waals surface area contributed by atoms with E-state index in [1.165, 1.54) is 11.1 Å². The van der Waals surface area contributed by atoms with Crippen LogP contribution in [0.3, 0.4) is 0 Å². The van der Waals surface area contributed by atoms with Crippen LogP contribution in [0, 0.1) is 6.92 Å². The van der Waals surface area contributed by atoms with Crippen molar-refractivity contribution in [2.75, 3.05) is 41.3 Å². The van der Waals surface area contributed by atoms with Gasteiger partial charge in [-0.15, -0.1) is 5.10 Å². The molecule has 3 aromatic rings. The SMILES string of the molecule is Cc1ccccc1CNc1cnnc(N2CCN(c3cccc(Cl)c3)CC2)n1. The van der Waals surface area contributed by atoms with E-state index in [1.807, 2.05) is 30.3 Å². The molecule has 0 unspecified atom stereocenters. The summed E-state index contributed by atoms with van der Waals surface area (Å²) in [6.45, 7) is 6.30. The second-order valence-corrected chi connectivity index (χ2v) is 7.31. The Morgan fingerprint density at radius 1 is 1.00 bits per heavy atom. The van der Waals surface area contributed by atoms with Gasteiger partial charge in [-0.05, 0) is 36.2 Å². The van der Waals surface area contributed by atoms with Gasteiger partial charge in [0.1, 0.15) is 0 Å². The molecule has 144 valence electrons. The van der Waals surface area contributed by atoms with E-state index < -0.39 is 0 Å². The van der Waals surface area contributed by atoms with Gasteiger partial charge in [0.05, 0.1) is 6.20 Å². The molecule has 1 aliphatic rings.